The lowest BCUT2D eigenvalue weighted by Crippen LogP contribution is -2.54. The van der Waals surface area contributed by atoms with Crippen LogP contribution in [0.4, 0.5) is 5.69 Å². The number of amides is 2. The summed E-state index contributed by atoms with van der Waals surface area (Å²) in [5, 5.41) is 3.54. The number of sulfonamides is 1. The fourth-order valence-corrected chi connectivity index (χ4v) is 4.27. The number of carbonyl (C=O) groups excluding carboxylic acids is 2. The summed E-state index contributed by atoms with van der Waals surface area (Å²) in [4.78, 5) is 27.6. The first kappa shape index (κ1) is 27.0. The summed E-state index contributed by atoms with van der Waals surface area (Å²) in [6, 6.07) is 12.4. The summed E-state index contributed by atoms with van der Waals surface area (Å²) >= 11 is 12.1. The topological polar surface area (TPSA) is 86.8 Å². The Balaban J connectivity index is 2.40. The van der Waals surface area contributed by atoms with E-state index in [1.165, 1.54) is 4.90 Å². The van der Waals surface area contributed by atoms with Gasteiger partial charge in [-0.1, -0.05) is 47.5 Å². The van der Waals surface area contributed by atoms with Crippen LogP contribution in [-0.2, 0) is 26.2 Å². The molecule has 1 N–H and O–H groups in total. The second kappa shape index (κ2) is 10.8. The van der Waals surface area contributed by atoms with Crippen molar-refractivity contribution < 1.29 is 18.0 Å². The molecule has 0 aliphatic carbocycles. The van der Waals surface area contributed by atoms with Crippen LogP contribution in [0.2, 0.25) is 10.0 Å². The van der Waals surface area contributed by atoms with Crippen LogP contribution < -0.4 is 9.62 Å². The maximum atomic E-state index is 13.4. The molecule has 2 aromatic carbocycles. The number of rotatable bonds is 8. The Morgan fingerprint density at radius 1 is 1.03 bits per heavy atom. The number of halogens is 2. The lowest BCUT2D eigenvalue weighted by atomic mass is 10.1. The van der Waals surface area contributed by atoms with E-state index in [0.29, 0.717) is 21.3 Å². The summed E-state index contributed by atoms with van der Waals surface area (Å²) in [7, 11) is -3.76. The molecule has 2 rings (SSSR count). The molecule has 0 aromatic heterocycles. The van der Waals surface area contributed by atoms with Crippen molar-refractivity contribution in [3.63, 3.8) is 0 Å². The molecule has 0 radical (unpaired) electrons. The van der Waals surface area contributed by atoms with Gasteiger partial charge in [-0.2, -0.15) is 0 Å². The second-order valence-corrected chi connectivity index (χ2v) is 11.5. The van der Waals surface area contributed by atoms with Crippen molar-refractivity contribution in [2.24, 2.45) is 0 Å². The molecule has 2 amide bonds. The molecule has 0 saturated heterocycles. The van der Waals surface area contributed by atoms with Gasteiger partial charge in [0.25, 0.3) is 0 Å². The van der Waals surface area contributed by atoms with E-state index in [2.05, 4.69) is 5.32 Å². The minimum Gasteiger partial charge on any atom is -0.350 e. The molecule has 2 aromatic rings. The third-order valence-electron chi connectivity index (χ3n) is 4.73. The van der Waals surface area contributed by atoms with Crippen LogP contribution in [0, 0.1) is 0 Å². The van der Waals surface area contributed by atoms with Crippen LogP contribution in [0.5, 0.6) is 0 Å². The van der Waals surface area contributed by atoms with E-state index in [1.807, 2.05) is 20.8 Å². The average Bonchev–Trinajstić information content (AvgIpc) is 2.70. The van der Waals surface area contributed by atoms with Crippen molar-refractivity contribution in [1.82, 2.24) is 10.2 Å². The predicted molar refractivity (Wildman–Crippen MR) is 133 cm³/mol. The van der Waals surface area contributed by atoms with Gasteiger partial charge in [-0.15, -0.1) is 0 Å². The number of nitrogens with one attached hydrogen (secondary N) is 1. The van der Waals surface area contributed by atoms with Crippen LogP contribution in [0.3, 0.4) is 0 Å². The van der Waals surface area contributed by atoms with Crippen LogP contribution in [0.25, 0.3) is 0 Å². The highest BCUT2D eigenvalue weighted by Crippen LogP contribution is 2.24. The molecule has 1 atom stereocenters. The second-order valence-electron chi connectivity index (χ2n) is 8.79. The first-order valence-corrected chi connectivity index (χ1v) is 12.9. The fraction of sp³-hybridized carbons (Fsp3) is 0.391. The Morgan fingerprint density at radius 3 is 2.15 bits per heavy atom. The van der Waals surface area contributed by atoms with E-state index in [4.69, 9.17) is 23.2 Å². The van der Waals surface area contributed by atoms with Gasteiger partial charge < -0.3 is 10.2 Å². The van der Waals surface area contributed by atoms with E-state index in [1.54, 1.807) is 55.5 Å². The van der Waals surface area contributed by atoms with E-state index in [-0.39, 0.29) is 12.5 Å². The minimum atomic E-state index is -3.76. The van der Waals surface area contributed by atoms with Crippen molar-refractivity contribution >= 4 is 50.7 Å². The molecular weight excluding hydrogens is 485 g/mol. The van der Waals surface area contributed by atoms with E-state index < -0.39 is 34.1 Å². The van der Waals surface area contributed by atoms with Crippen molar-refractivity contribution in [1.29, 1.82) is 0 Å². The minimum absolute atomic E-state index is 0.0425. The molecule has 0 aliphatic heterocycles. The number of nitrogens with zero attached hydrogens (tertiary/aromatic N) is 2. The molecule has 0 heterocycles. The van der Waals surface area contributed by atoms with E-state index >= 15 is 0 Å². The monoisotopic (exact) mass is 513 g/mol. The van der Waals surface area contributed by atoms with E-state index in [0.717, 1.165) is 10.6 Å². The molecule has 0 bridgehead atoms. The van der Waals surface area contributed by atoms with Gasteiger partial charge in [-0.3, -0.25) is 13.9 Å². The largest absolute Gasteiger partial charge is 0.350 e. The molecule has 180 valence electrons. The highest BCUT2D eigenvalue weighted by Gasteiger charge is 2.31. The highest BCUT2D eigenvalue weighted by molar-refractivity contribution is 7.92. The lowest BCUT2D eigenvalue weighted by molar-refractivity contribution is -0.140. The molecule has 7 nitrogen and oxygen atoms in total. The molecule has 10 heteroatoms. The van der Waals surface area contributed by atoms with Crippen molar-refractivity contribution in [3.05, 3.63) is 64.1 Å². The zero-order chi connectivity index (χ0) is 25.0. The predicted octanol–water partition coefficient (Wildman–Crippen LogP) is 4.09. The third-order valence-corrected chi connectivity index (χ3v) is 6.61. The van der Waals surface area contributed by atoms with Gasteiger partial charge >= 0.3 is 0 Å². The Morgan fingerprint density at radius 2 is 1.64 bits per heavy atom. The molecule has 0 spiro atoms. The number of hydrogen-bond donors (Lipinski definition) is 1. The zero-order valence-electron chi connectivity index (χ0n) is 19.3. The first-order chi connectivity index (χ1) is 15.2. The van der Waals surface area contributed by atoms with Crippen molar-refractivity contribution in [2.75, 3.05) is 17.1 Å². The molecule has 0 fully saturated rings. The standard InChI is InChI=1S/C23H29Cl2N3O4S/c1-16(22(30)26-23(2,3)4)27(14-17-11-12-19(24)20(25)13-17)21(29)15-28(33(5,31)32)18-9-7-6-8-10-18/h6-13,16H,14-15H2,1-5H3,(H,26,30). The Bertz CT molecular complexity index is 1100. The summed E-state index contributed by atoms with van der Waals surface area (Å²) < 4.78 is 26.0. The summed E-state index contributed by atoms with van der Waals surface area (Å²) in [6.07, 6.45) is 1.03. The van der Waals surface area contributed by atoms with Crippen LogP contribution in [-0.4, -0.2) is 49.5 Å². The van der Waals surface area contributed by atoms with Gasteiger partial charge in [-0.05, 0) is 57.5 Å². The quantitative estimate of drug-likeness (QED) is 0.575. The summed E-state index contributed by atoms with van der Waals surface area (Å²) in [5.41, 5.74) is 0.500. The zero-order valence-corrected chi connectivity index (χ0v) is 21.6. The van der Waals surface area contributed by atoms with Crippen LogP contribution in [0.1, 0.15) is 33.3 Å². The fourth-order valence-electron chi connectivity index (χ4n) is 3.10. The molecule has 33 heavy (non-hydrogen) atoms. The normalized spacial score (nSPS) is 12.7. The maximum Gasteiger partial charge on any atom is 0.244 e. The van der Waals surface area contributed by atoms with Gasteiger partial charge in [0.1, 0.15) is 12.6 Å². The number of anilines is 1. The molecule has 1 unspecified atom stereocenters. The molecular formula is C23H29Cl2N3O4S. The van der Waals surface area contributed by atoms with Gasteiger partial charge in [0.05, 0.1) is 22.0 Å². The SMILES string of the molecule is CC(C(=O)NC(C)(C)C)N(Cc1ccc(Cl)c(Cl)c1)C(=O)CN(c1ccccc1)S(C)(=O)=O. The van der Waals surface area contributed by atoms with E-state index in [9.17, 15) is 18.0 Å². The number of carbonyl (C=O) groups is 2. The lowest BCUT2D eigenvalue weighted by Gasteiger charge is -2.33. The first-order valence-electron chi connectivity index (χ1n) is 10.3. The number of hydrogen-bond acceptors (Lipinski definition) is 4. The summed E-state index contributed by atoms with van der Waals surface area (Å²) in [5.74, 6) is -0.895. The Kier molecular flexibility index (Phi) is 8.79. The van der Waals surface area contributed by atoms with Gasteiger partial charge in [0.2, 0.25) is 21.8 Å². The van der Waals surface area contributed by atoms with Crippen molar-refractivity contribution in [2.45, 2.75) is 45.8 Å². The highest BCUT2D eigenvalue weighted by atomic mass is 35.5. The maximum absolute atomic E-state index is 13.4. The number of para-hydroxylation sites is 1. The third kappa shape index (κ3) is 7.91. The van der Waals surface area contributed by atoms with Gasteiger partial charge in [0.15, 0.2) is 0 Å². The van der Waals surface area contributed by atoms with Crippen LogP contribution >= 0.6 is 23.2 Å². The van der Waals surface area contributed by atoms with Gasteiger partial charge in [-0.25, -0.2) is 8.42 Å². The Hall–Kier alpha value is -2.29. The summed E-state index contributed by atoms with van der Waals surface area (Å²) in [6.45, 7) is 6.69. The van der Waals surface area contributed by atoms with Crippen molar-refractivity contribution in [3.8, 4) is 0 Å². The van der Waals surface area contributed by atoms with Crippen LogP contribution in [0.15, 0.2) is 48.5 Å². The molecule has 0 aliphatic rings. The smallest absolute Gasteiger partial charge is 0.244 e. The van der Waals surface area contributed by atoms with Gasteiger partial charge in [0, 0.05) is 12.1 Å². The Labute approximate surface area is 205 Å². The molecule has 0 saturated carbocycles. The number of benzene rings is 2. The average molecular weight is 514 g/mol.